The van der Waals surface area contributed by atoms with Gasteiger partial charge in [0, 0.05) is 0 Å². The maximum atomic E-state index is 2.54. The van der Waals surface area contributed by atoms with Gasteiger partial charge >= 0.3 is 0 Å². The highest BCUT2D eigenvalue weighted by molar-refractivity contribution is 7.67. The molecule has 0 N–H and O–H groups in total. The first-order chi connectivity index (χ1) is 14.3. The van der Waals surface area contributed by atoms with Crippen molar-refractivity contribution in [2.75, 3.05) is 0 Å². The molecule has 0 unspecified atom stereocenters. The first-order valence-electron chi connectivity index (χ1n) is 12.3. The molecule has 0 heterocycles. The van der Waals surface area contributed by atoms with Gasteiger partial charge in [0.1, 0.15) is 0 Å². The Morgan fingerprint density at radius 3 is 1.69 bits per heavy atom. The number of aryl methyl sites for hydroxylation is 2. The molecule has 4 rings (SSSR count). The second kappa shape index (κ2) is 10.3. The summed E-state index contributed by atoms with van der Waals surface area (Å²) in [5.74, 6) is 0. The molecule has 0 amide bonds. The second-order valence-electron chi connectivity index (χ2n) is 9.17. The summed E-state index contributed by atoms with van der Waals surface area (Å²) in [6.07, 6.45) is 16.9. The van der Waals surface area contributed by atoms with Crippen LogP contribution in [0.15, 0.2) is 42.5 Å². The molecule has 2 fully saturated rings. The van der Waals surface area contributed by atoms with E-state index in [9.17, 15) is 0 Å². The Balaban J connectivity index is 1.83. The van der Waals surface area contributed by atoms with E-state index in [0.717, 1.165) is 24.2 Å². The lowest BCUT2D eigenvalue weighted by molar-refractivity contribution is 0.487. The van der Waals surface area contributed by atoms with Crippen molar-refractivity contribution in [1.82, 2.24) is 0 Å². The van der Waals surface area contributed by atoms with Crippen molar-refractivity contribution in [3.05, 3.63) is 53.6 Å². The van der Waals surface area contributed by atoms with Crippen molar-refractivity contribution >= 4 is 13.2 Å². The highest BCUT2D eigenvalue weighted by Crippen LogP contribution is 2.56. The second-order valence-corrected chi connectivity index (χ2v) is 11.9. The molecule has 0 atom stereocenters. The quantitative estimate of drug-likeness (QED) is 0.424. The number of benzene rings is 2. The van der Waals surface area contributed by atoms with Crippen molar-refractivity contribution in [3.8, 4) is 11.1 Å². The lowest BCUT2D eigenvalue weighted by Crippen LogP contribution is -2.27. The largest absolute Gasteiger partial charge is 0.0683 e. The van der Waals surface area contributed by atoms with E-state index in [1.54, 1.807) is 27.6 Å². The molecule has 0 nitrogen and oxygen atoms in total. The van der Waals surface area contributed by atoms with Crippen molar-refractivity contribution in [1.29, 1.82) is 0 Å². The van der Waals surface area contributed by atoms with Gasteiger partial charge in [0.25, 0.3) is 0 Å². The lowest BCUT2D eigenvalue weighted by atomic mass is 9.92. The van der Waals surface area contributed by atoms with Crippen LogP contribution in [0, 0.1) is 0 Å². The van der Waals surface area contributed by atoms with Gasteiger partial charge in [0.05, 0.1) is 0 Å². The molecule has 2 aliphatic rings. The normalized spacial score (nSPS) is 19.0. The Bertz CT molecular complexity index is 740. The highest BCUT2D eigenvalue weighted by atomic mass is 31.1. The predicted octanol–water partition coefficient (Wildman–Crippen LogP) is 8.25. The minimum Gasteiger partial charge on any atom is -0.0683 e. The Morgan fingerprint density at radius 2 is 1.17 bits per heavy atom. The van der Waals surface area contributed by atoms with E-state index >= 15 is 0 Å². The zero-order chi connectivity index (χ0) is 20.1. The Hall–Kier alpha value is -1.13. The smallest absolute Gasteiger partial charge is 0.0101 e. The zero-order valence-electron chi connectivity index (χ0n) is 18.6. The molecule has 2 aliphatic carbocycles. The third-order valence-electron chi connectivity index (χ3n) is 7.39. The van der Waals surface area contributed by atoms with E-state index in [-0.39, 0.29) is 7.92 Å². The van der Waals surface area contributed by atoms with E-state index < -0.39 is 0 Å². The van der Waals surface area contributed by atoms with Crippen molar-refractivity contribution in [2.24, 2.45) is 0 Å². The summed E-state index contributed by atoms with van der Waals surface area (Å²) in [6.45, 7) is 4.65. The summed E-state index contributed by atoms with van der Waals surface area (Å²) in [4.78, 5) is 0. The van der Waals surface area contributed by atoms with Crippen molar-refractivity contribution in [3.63, 3.8) is 0 Å². The molecular formula is C28H39P. The van der Waals surface area contributed by atoms with Gasteiger partial charge < -0.3 is 0 Å². The zero-order valence-corrected chi connectivity index (χ0v) is 19.5. The van der Waals surface area contributed by atoms with E-state index in [4.69, 9.17) is 0 Å². The van der Waals surface area contributed by atoms with Crippen LogP contribution in [-0.4, -0.2) is 11.3 Å². The van der Waals surface area contributed by atoms with Crippen LogP contribution in [0.1, 0.15) is 89.2 Å². The van der Waals surface area contributed by atoms with Crippen LogP contribution >= 0.6 is 7.92 Å². The van der Waals surface area contributed by atoms with Crippen LogP contribution < -0.4 is 5.30 Å². The van der Waals surface area contributed by atoms with Crippen molar-refractivity contribution < 1.29 is 0 Å². The minimum absolute atomic E-state index is 0.0713. The maximum Gasteiger partial charge on any atom is -0.0101 e. The first-order valence-corrected chi connectivity index (χ1v) is 13.8. The third kappa shape index (κ3) is 4.64. The van der Waals surface area contributed by atoms with Crippen molar-refractivity contribution in [2.45, 2.75) is 102 Å². The average molecular weight is 407 g/mol. The molecule has 0 spiro atoms. The molecule has 0 radical (unpaired) electrons. The van der Waals surface area contributed by atoms with Crippen LogP contribution in [0.5, 0.6) is 0 Å². The molecule has 29 heavy (non-hydrogen) atoms. The molecule has 2 aromatic carbocycles. The standard InChI is InChI=1S/C28H39P/c1-3-22-14-13-15-23(4-2)28(22)26-20-11-12-21-27(26)29(24-16-7-5-8-17-24)25-18-9-6-10-19-25/h11-15,20-21,24-25H,3-10,16-19H2,1-2H3. The molecule has 0 bridgehead atoms. The molecule has 0 saturated heterocycles. The van der Waals surface area contributed by atoms with Gasteiger partial charge in [-0.3, -0.25) is 0 Å². The molecule has 2 saturated carbocycles. The molecule has 2 aromatic rings. The number of rotatable bonds is 6. The van der Waals surface area contributed by atoms with E-state index in [0.29, 0.717) is 0 Å². The predicted molar refractivity (Wildman–Crippen MR) is 131 cm³/mol. The van der Waals surface area contributed by atoms with Gasteiger partial charge in [0.2, 0.25) is 0 Å². The highest BCUT2D eigenvalue weighted by Gasteiger charge is 2.33. The summed E-state index contributed by atoms with van der Waals surface area (Å²) < 4.78 is 0. The Morgan fingerprint density at radius 1 is 0.655 bits per heavy atom. The van der Waals surface area contributed by atoms with E-state index in [1.165, 1.54) is 64.2 Å². The summed E-state index contributed by atoms with van der Waals surface area (Å²) >= 11 is 0. The molecule has 0 aliphatic heterocycles. The number of hydrogen-bond acceptors (Lipinski definition) is 0. The number of hydrogen-bond donors (Lipinski definition) is 0. The third-order valence-corrected chi connectivity index (χ3v) is 10.9. The van der Waals surface area contributed by atoms with Crippen LogP contribution in [0.4, 0.5) is 0 Å². The fourth-order valence-electron chi connectivity index (χ4n) is 5.91. The SMILES string of the molecule is CCc1cccc(CC)c1-c1ccccc1P(C1CCCCC1)C1CCCCC1. The van der Waals surface area contributed by atoms with Crippen LogP contribution in [0.2, 0.25) is 0 Å². The molecule has 156 valence electrons. The first kappa shape index (κ1) is 21.1. The monoisotopic (exact) mass is 406 g/mol. The van der Waals surface area contributed by atoms with Gasteiger partial charge in [-0.25, -0.2) is 0 Å². The van der Waals surface area contributed by atoms with Gasteiger partial charge in [-0.05, 0) is 77.4 Å². The van der Waals surface area contributed by atoms with E-state index in [1.807, 2.05) is 0 Å². The van der Waals surface area contributed by atoms with Gasteiger partial charge in [-0.15, -0.1) is 0 Å². The van der Waals surface area contributed by atoms with Crippen LogP contribution in [-0.2, 0) is 12.8 Å². The van der Waals surface area contributed by atoms with Gasteiger partial charge in [-0.2, -0.15) is 0 Å². The molecule has 1 heteroatoms. The lowest BCUT2D eigenvalue weighted by Gasteiger charge is -2.40. The Kier molecular flexibility index (Phi) is 7.47. The van der Waals surface area contributed by atoms with Gasteiger partial charge in [-0.1, -0.05) is 103 Å². The summed E-state index contributed by atoms with van der Waals surface area (Å²) in [5.41, 5.74) is 8.16. The van der Waals surface area contributed by atoms with E-state index in [2.05, 4.69) is 56.3 Å². The maximum absolute atomic E-state index is 2.54. The topological polar surface area (TPSA) is 0 Å². The van der Waals surface area contributed by atoms with Crippen LogP contribution in [0.3, 0.4) is 0 Å². The molecule has 0 aromatic heterocycles. The Labute approximate surface area is 180 Å². The van der Waals surface area contributed by atoms with Gasteiger partial charge in [0.15, 0.2) is 0 Å². The fourth-order valence-corrected chi connectivity index (χ4v) is 9.86. The fraction of sp³-hybridized carbons (Fsp3) is 0.571. The summed E-state index contributed by atoms with van der Waals surface area (Å²) in [5, 5.41) is 1.75. The van der Waals surface area contributed by atoms with Crippen LogP contribution in [0.25, 0.3) is 11.1 Å². The summed E-state index contributed by atoms with van der Waals surface area (Å²) in [7, 11) is -0.0713. The minimum atomic E-state index is -0.0713. The molecular weight excluding hydrogens is 367 g/mol. The average Bonchev–Trinajstić information content (AvgIpc) is 2.80. The summed E-state index contributed by atoms with van der Waals surface area (Å²) in [6, 6.07) is 16.6.